The molecule has 1 fully saturated rings. The largest absolute Gasteiger partial charge is 0.378 e. The molecule has 1 heterocycles. The van der Waals surface area contributed by atoms with Crippen LogP contribution in [0.15, 0.2) is 0 Å². The number of hydrogen-bond acceptors (Lipinski definition) is 4. The Morgan fingerprint density at radius 2 is 2.00 bits per heavy atom. The highest BCUT2D eigenvalue weighted by Crippen LogP contribution is 2.01. The Morgan fingerprint density at radius 3 is 2.56 bits per heavy atom. The Kier molecular flexibility index (Phi) is 6.07. The van der Waals surface area contributed by atoms with Gasteiger partial charge in [0, 0.05) is 13.1 Å². The van der Waals surface area contributed by atoms with Crippen LogP contribution in [0.2, 0.25) is 0 Å². The van der Waals surface area contributed by atoms with Gasteiger partial charge in [0.15, 0.2) is 0 Å². The van der Waals surface area contributed by atoms with Gasteiger partial charge < -0.3 is 20.7 Å². The van der Waals surface area contributed by atoms with Gasteiger partial charge in [-0.2, -0.15) is 0 Å². The minimum absolute atomic E-state index is 0.0738. The summed E-state index contributed by atoms with van der Waals surface area (Å²) in [6, 6.07) is -1.06. The van der Waals surface area contributed by atoms with Crippen molar-refractivity contribution in [3.8, 4) is 0 Å². The lowest BCUT2D eigenvalue weighted by atomic mass is 10.1. The van der Waals surface area contributed by atoms with Crippen molar-refractivity contribution >= 4 is 11.8 Å². The first kappa shape index (κ1) is 14.9. The summed E-state index contributed by atoms with van der Waals surface area (Å²) in [5, 5.41) is 2.67. The number of carbonyl (C=O) groups excluding carboxylic acids is 2. The Labute approximate surface area is 108 Å². The fourth-order valence-corrected chi connectivity index (χ4v) is 1.88. The number of carbonyl (C=O) groups is 2. The summed E-state index contributed by atoms with van der Waals surface area (Å²) in [6.45, 7) is 5.94. The van der Waals surface area contributed by atoms with Crippen LogP contribution >= 0.6 is 0 Å². The second-order valence-corrected chi connectivity index (χ2v) is 4.56. The smallest absolute Gasteiger partial charge is 0.245 e. The van der Waals surface area contributed by atoms with E-state index in [1.54, 1.807) is 11.8 Å². The molecule has 6 nitrogen and oxygen atoms in total. The van der Waals surface area contributed by atoms with Crippen LogP contribution < -0.4 is 11.1 Å². The molecule has 1 saturated heterocycles. The molecule has 0 aromatic heterocycles. The first-order valence-corrected chi connectivity index (χ1v) is 6.48. The SMILES string of the molecule is CCC[C@H](N)C(=O)NC(C)C(=O)N1CCOCC1. The highest BCUT2D eigenvalue weighted by molar-refractivity contribution is 5.89. The van der Waals surface area contributed by atoms with E-state index in [-0.39, 0.29) is 11.8 Å². The normalized spacial score (nSPS) is 19.2. The average Bonchev–Trinajstić information content (AvgIpc) is 2.39. The molecule has 18 heavy (non-hydrogen) atoms. The predicted octanol–water partition coefficient (Wildman–Crippen LogP) is -0.523. The van der Waals surface area contributed by atoms with Crippen LogP contribution in [-0.4, -0.2) is 55.1 Å². The standard InChI is InChI=1S/C12H23N3O3/c1-3-4-10(13)11(16)14-9(2)12(17)15-5-7-18-8-6-15/h9-10H,3-8,13H2,1-2H3,(H,14,16)/t9?,10-/m0/s1. The molecule has 0 saturated carbocycles. The monoisotopic (exact) mass is 257 g/mol. The Morgan fingerprint density at radius 1 is 1.39 bits per heavy atom. The summed E-state index contributed by atoms with van der Waals surface area (Å²) in [6.07, 6.45) is 1.48. The highest BCUT2D eigenvalue weighted by atomic mass is 16.5. The molecule has 0 radical (unpaired) electrons. The number of nitrogens with zero attached hydrogens (tertiary/aromatic N) is 1. The number of hydrogen-bond donors (Lipinski definition) is 2. The maximum atomic E-state index is 12.0. The molecule has 2 atom stereocenters. The van der Waals surface area contributed by atoms with Crippen molar-refractivity contribution in [2.45, 2.75) is 38.8 Å². The molecule has 104 valence electrons. The summed E-state index contributed by atoms with van der Waals surface area (Å²) >= 11 is 0. The van der Waals surface area contributed by atoms with Crippen LogP contribution in [0.1, 0.15) is 26.7 Å². The molecule has 0 bridgehead atoms. The van der Waals surface area contributed by atoms with Gasteiger partial charge in [0.2, 0.25) is 11.8 Å². The second-order valence-electron chi connectivity index (χ2n) is 4.56. The molecule has 0 aliphatic carbocycles. The van der Waals surface area contributed by atoms with E-state index in [2.05, 4.69) is 5.32 Å². The summed E-state index contributed by atoms with van der Waals surface area (Å²) in [5.74, 6) is -0.332. The van der Waals surface area contributed by atoms with Gasteiger partial charge in [-0.05, 0) is 13.3 Å². The number of ether oxygens (including phenoxy) is 1. The van der Waals surface area contributed by atoms with E-state index < -0.39 is 12.1 Å². The molecule has 1 aliphatic rings. The second kappa shape index (κ2) is 7.33. The number of amides is 2. The van der Waals surface area contributed by atoms with E-state index in [9.17, 15) is 9.59 Å². The summed E-state index contributed by atoms with van der Waals surface area (Å²) < 4.78 is 5.18. The molecular formula is C12H23N3O3. The van der Waals surface area contributed by atoms with E-state index in [1.807, 2.05) is 6.92 Å². The molecule has 0 spiro atoms. The fraction of sp³-hybridized carbons (Fsp3) is 0.833. The number of rotatable bonds is 5. The Bertz CT molecular complexity index is 290. The van der Waals surface area contributed by atoms with Crippen molar-refractivity contribution in [2.75, 3.05) is 26.3 Å². The minimum atomic E-state index is -0.532. The zero-order valence-electron chi connectivity index (χ0n) is 11.1. The Balaban J connectivity index is 2.41. The maximum absolute atomic E-state index is 12.0. The lowest BCUT2D eigenvalue weighted by Crippen LogP contribution is -2.53. The quantitative estimate of drug-likeness (QED) is 0.694. The third kappa shape index (κ3) is 4.27. The van der Waals surface area contributed by atoms with Gasteiger partial charge in [-0.25, -0.2) is 0 Å². The summed E-state index contributed by atoms with van der Waals surface area (Å²) in [7, 11) is 0. The van der Waals surface area contributed by atoms with Gasteiger partial charge in [0.1, 0.15) is 6.04 Å². The third-order valence-corrected chi connectivity index (χ3v) is 2.99. The first-order chi connectivity index (χ1) is 8.56. The predicted molar refractivity (Wildman–Crippen MR) is 67.9 cm³/mol. The van der Waals surface area contributed by atoms with Crippen LogP contribution in [0.5, 0.6) is 0 Å². The van der Waals surface area contributed by atoms with Gasteiger partial charge in [-0.1, -0.05) is 13.3 Å². The Hall–Kier alpha value is -1.14. The molecular weight excluding hydrogens is 234 g/mol. The van der Waals surface area contributed by atoms with Gasteiger partial charge >= 0.3 is 0 Å². The molecule has 1 aliphatic heterocycles. The minimum Gasteiger partial charge on any atom is -0.378 e. The van der Waals surface area contributed by atoms with Crippen LogP contribution in [-0.2, 0) is 14.3 Å². The van der Waals surface area contributed by atoms with Gasteiger partial charge in [-0.3, -0.25) is 9.59 Å². The van der Waals surface area contributed by atoms with E-state index >= 15 is 0 Å². The lowest BCUT2D eigenvalue weighted by Gasteiger charge is -2.29. The molecule has 1 unspecified atom stereocenters. The lowest BCUT2D eigenvalue weighted by molar-refractivity contribution is -0.139. The van der Waals surface area contributed by atoms with E-state index in [0.29, 0.717) is 32.7 Å². The summed E-state index contributed by atoms with van der Waals surface area (Å²) in [5.41, 5.74) is 5.70. The number of morpholine rings is 1. The molecule has 6 heteroatoms. The zero-order valence-corrected chi connectivity index (χ0v) is 11.1. The van der Waals surface area contributed by atoms with Crippen molar-refractivity contribution in [1.29, 1.82) is 0 Å². The molecule has 0 aromatic carbocycles. The van der Waals surface area contributed by atoms with Crippen molar-refractivity contribution < 1.29 is 14.3 Å². The van der Waals surface area contributed by atoms with Gasteiger partial charge in [0.05, 0.1) is 19.3 Å². The van der Waals surface area contributed by atoms with E-state index in [4.69, 9.17) is 10.5 Å². The van der Waals surface area contributed by atoms with Crippen LogP contribution in [0.25, 0.3) is 0 Å². The van der Waals surface area contributed by atoms with Gasteiger partial charge in [-0.15, -0.1) is 0 Å². The number of nitrogens with two attached hydrogens (primary N) is 1. The fourth-order valence-electron chi connectivity index (χ4n) is 1.88. The molecule has 0 aromatic rings. The van der Waals surface area contributed by atoms with E-state index in [1.165, 1.54) is 0 Å². The van der Waals surface area contributed by atoms with Crippen LogP contribution in [0, 0.1) is 0 Å². The number of nitrogens with one attached hydrogen (secondary N) is 1. The summed E-state index contributed by atoms with van der Waals surface area (Å²) in [4.78, 5) is 25.4. The first-order valence-electron chi connectivity index (χ1n) is 6.48. The molecule has 2 amide bonds. The topological polar surface area (TPSA) is 84.7 Å². The third-order valence-electron chi connectivity index (χ3n) is 2.99. The van der Waals surface area contributed by atoms with Crippen molar-refractivity contribution in [3.63, 3.8) is 0 Å². The average molecular weight is 257 g/mol. The molecule has 3 N–H and O–H groups in total. The van der Waals surface area contributed by atoms with Crippen LogP contribution in [0.4, 0.5) is 0 Å². The van der Waals surface area contributed by atoms with Crippen molar-refractivity contribution in [1.82, 2.24) is 10.2 Å². The van der Waals surface area contributed by atoms with Crippen LogP contribution in [0.3, 0.4) is 0 Å². The van der Waals surface area contributed by atoms with E-state index in [0.717, 1.165) is 6.42 Å². The van der Waals surface area contributed by atoms with Crippen molar-refractivity contribution in [2.24, 2.45) is 5.73 Å². The molecule has 1 rings (SSSR count). The van der Waals surface area contributed by atoms with Gasteiger partial charge in [0.25, 0.3) is 0 Å². The zero-order chi connectivity index (χ0) is 13.5. The maximum Gasteiger partial charge on any atom is 0.245 e. The van der Waals surface area contributed by atoms with Crippen molar-refractivity contribution in [3.05, 3.63) is 0 Å². The highest BCUT2D eigenvalue weighted by Gasteiger charge is 2.24.